The van der Waals surface area contributed by atoms with Crippen molar-refractivity contribution in [2.75, 3.05) is 13.1 Å². The molecule has 0 spiro atoms. The van der Waals surface area contributed by atoms with E-state index in [1.165, 1.54) is 5.56 Å². The Labute approximate surface area is 170 Å². The number of aliphatic carboxylic acids is 1. The van der Waals surface area contributed by atoms with Crippen LogP contribution in [-0.2, 0) is 17.8 Å². The summed E-state index contributed by atoms with van der Waals surface area (Å²) in [7, 11) is 0. The first-order valence-corrected chi connectivity index (χ1v) is 10.2. The zero-order valence-electron chi connectivity index (χ0n) is 16.4. The standard InChI is InChI=1S/C23H27N3O3/c27-20-11-14-25(15-19-16-26-13-5-4-10-21(26)24-19)17-23(20,22(28)29)12-6-9-18-7-2-1-3-8-18/h1-5,7-8,10,13,16,20,27H,6,9,11-12,14-15,17H2,(H,28,29)/t20-,23-/m1/s1. The monoisotopic (exact) mass is 393 g/mol. The second kappa shape index (κ2) is 8.35. The summed E-state index contributed by atoms with van der Waals surface area (Å²) >= 11 is 0. The van der Waals surface area contributed by atoms with Gasteiger partial charge in [-0.2, -0.15) is 0 Å². The molecular formula is C23H27N3O3. The molecule has 0 radical (unpaired) electrons. The first-order chi connectivity index (χ1) is 14.1. The highest BCUT2D eigenvalue weighted by molar-refractivity contribution is 5.76. The molecule has 1 fully saturated rings. The summed E-state index contributed by atoms with van der Waals surface area (Å²) in [5.41, 5.74) is 1.86. The number of hydrogen-bond acceptors (Lipinski definition) is 4. The molecular weight excluding hydrogens is 366 g/mol. The van der Waals surface area contributed by atoms with E-state index >= 15 is 0 Å². The molecule has 0 amide bonds. The summed E-state index contributed by atoms with van der Waals surface area (Å²) in [5, 5.41) is 20.7. The van der Waals surface area contributed by atoms with Gasteiger partial charge in [0.1, 0.15) is 11.1 Å². The van der Waals surface area contributed by atoms with Crippen LogP contribution < -0.4 is 0 Å². The van der Waals surface area contributed by atoms with Crippen molar-refractivity contribution in [1.29, 1.82) is 0 Å². The smallest absolute Gasteiger partial charge is 0.313 e. The lowest BCUT2D eigenvalue weighted by Gasteiger charge is -2.43. The predicted molar refractivity (Wildman–Crippen MR) is 111 cm³/mol. The number of carboxylic acids is 1. The van der Waals surface area contributed by atoms with Crippen LogP contribution in [-0.4, -0.2) is 49.7 Å². The van der Waals surface area contributed by atoms with Gasteiger partial charge in [-0.3, -0.25) is 9.69 Å². The number of hydrogen-bond donors (Lipinski definition) is 2. The molecule has 1 aliphatic rings. The highest BCUT2D eigenvalue weighted by Crippen LogP contribution is 2.36. The molecule has 6 heteroatoms. The van der Waals surface area contributed by atoms with Crippen molar-refractivity contribution >= 4 is 11.6 Å². The maximum absolute atomic E-state index is 12.3. The number of aliphatic hydroxyl groups is 1. The topological polar surface area (TPSA) is 78.1 Å². The fourth-order valence-corrected chi connectivity index (χ4v) is 4.41. The lowest BCUT2D eigenvalue weighted by Crippen LogP contribution is -2.55. The number of fused-ring (bicyclic) bond motifs is 1. The van der Waals surface area contributed by atoms with Gasteiger partial charge in [0.25, 0.3) is 0 Å². The van der Waals surface area contributed by atoms with Gasteiger partial charge in [-0.25, -0.2) is 4.98 Å². The molecule has 2 aromatic heterocycles. The van der Waals surface area contributed by atoms with E-state index < -0.39 is 17.5 Å². The van der Waals surface area contributed by atoms with Gasteiger partial charge in [0.2, 0.25) is 0 Å². The van der Waals surface area contributed by atoms with E-state index in [-0.39, 0.29) is 0 Å². The molecule has 1 saturated heterocycles. The predicted octanol–water partition coefficient (Wildman–Crippen LogP) is 2.99. The minimum atomic E-state index is -1.13. The molecule has 152 valence electrons. The van der Waals surface area contributed by atoms with Crippen LogP contribution in [0.4, 0.5) is 0 Å². The number of rotatable bonds is 7. The van der Waals surface area contributed by atoms with E-state index in [1.54, 1.807) is 0 Å². The summed E-state index contributed by atoms with van der Waals surface area (Å²) in [6.07, 6.45) is 5.58. The Kier molecular flexibility index (Phi) is 5.65. The zero-order valence-corrected chi connectivity index (χ0v) is 16.4. The third-order valence-electron chi connectivity index (χ3n) is 6.02. The van der Waals surface area contributed by atoms with Crippen LogP contribution in [0, 0.1) is 5.41 Å². The van der Waals surface area contributed by atoms with E-state index in [9.17, 15) is 15.0 Å². The number of carbonyl (C=O) groups is 1. The number of likely N-dealkylation sites (tertiary alicyclic amines) is 1. The minimum absolute atomic E-state index is 0.339. The van der Waals surface area contributed by atoms with Gasteiger partial charge in [0.15, 0.2) is 0 Å². The van der Waals surface area contributed by atoms with E-state index in [4.69, 9.17) is 0 Å². The molecule has 0 unspecified atom stereocenters. The number of aliphatic hydroxyl groups excluding tert-OH is 1. The molecule has 0 aliphatic carbocycles. The van der Waals surface area contributed by atoms with Gasteiger partial charge in [0, 0.05) is 32.0 Å². The van der Waals surface area contributed by atoms with Crippen LogP contribution in [0.5, 0.6) is 0 Å². The van der Waals surface area contributed by atoms with Crippen LogP contribution in [0.15, 0.2) is 60.9 Å². The van der Waals surface area contributed by atoms with Gasteiger partial charge in [-0.05, 0) is 43.4 Å². The molecule has 6 nitrogen and oxygen atoms in total. The SMILES string of the molecule is O=C(O)[C@]1(CCCc2ccccc2)CN(Cc2cn3ccccc3n2)CC[C@H]1O. The van der Waals surface area contributed by atoms with Crippen LogP contribution in [0.2, 0.25) is 0 Å². The number of benzene rings is 1. The number of nitrogens with zero attached hydrogens (tertiary/aromatic N) is 3. The minimum Gasteiger partial charge on any atom is -0.481 e. The van der Waals surface area contributed by atoms with Gasteiger partial charge in [-0.1, -0.05) is 36.4 Å². The van der Waals surface area contributed by atoms with Crippen LogP contribution in [0.25, 0.3) is 5.65 Å². The Hall–Kier alpha value is -2.70. The molecule has 0 bridgehead atoms. The first kappa shape index (κ1) is 19.6. The first-order valence-electron chi connectivity index (χ1n) is 10.2. The zero-order chi connectivity index (χ0) is 20.3. The van der Waals surface area contributed by atoms with Crippen molar-refractivity contribution in [3.8, 4) is 0 Å². The Morgan fingerprint density at radius 1 is 1.17 bits per heavy atom. The number of pyridine rings is 1. The van der Waals surface area contributed by atoms with Gasteiger partial charge in [0.05, 0.1) is 11.8 Å². The Balaban J connectivity index is 1.46. The molecule has 1 aliphatic heterocycles. The lowest BCUT2D eigenvalue weighted by atomic mass is 9.73. The fraction of sp³-hybridized carbons (Fsp3) is 0.391. The van der Waals surface area contributed by atoms with Crippen LogP contribution in [0.1, 0.15) is 30.5 Å². The highest BCUT2D eigenvalue weighted by Gasteiger charge is 2.48. The number of piperidine rings is 1. The molecule has 2 atom stereocenters. The number of aromatic nitrogens is 2. The second-order valence-corrected chi connectivity index (χ2v) is 8.01. The number of aryl methyl sites for hydroxylation is 1. The summed E-state index contributed by atoms with van der Waals surface area (Å²) in [5.74, 6) is -0.905. The summed E-state index contributed by atoms with van der Waals surface area (Å²) in [4.78, 5) is 19.0. The van der Waals surface area contributed by atoms with E-state index in [0.717, 1.165) is 24.2 Å². The summed E-state index contributed by atoms with van der Waals surface area (Å²) in [6.45, 7) is 1.59. The summed E-state index contributed by atoms with van der Waals surface area (Å²) in [6, 6.07) is 15.9. The van der Waals surface area contributed by atoms with Crippen molar-refractivity contribution < 1.29 is 15.0 Å². The van der Waals surface area contributed by atoms with E-state index in [1.807, 2.05) is 53.2 Å². The van der Waals surface area contributed by atoms with E-state index in [0.29, 0.717) is 32.5 Å². The molecule has 0 saturated carbocycles. The molecule has 29 heavy (non-hydrogen) atoms. The highest BCUT2D eigenvalue weighted by atomic mass is 16.4. The molecule has 3 aromatic rings. The van der Waals surface area contributed by atoms with Crippen molar-refractivity contribution in [1.82, 2.24) is 14.3 Å². The van der Waals surface area contributed by atoms with Crippen molar-refractivity contribution in [2.45, 2.75) is 38.3 Å². The normalized spacial score (nSPS) is 22.7. The lowest BCUT2D eigenvalue weighted by molar-refractivity contribution is -0.164. The van der Waals surface area contributed by atoms with Crippen LogP contribution >= 0.6 is 0 Å². The Morgan fingerprint density at radius 2 is 1.97 bits per heavy atom. The van der Waals surface area contributed by atoms with Crippen molar-refractivity contribution in [3.05, 3.63) is 72.2 Å². The fourth-order valence-electron chi connectivity index (χ4n) is 4.41. The number of imidazole rings is 1. The third kappa shape index (κ3) is 4.18. The molecule has 3 heterocycles. The Bertz CT molecular complexity index is 939. The largest absolute Gasteiger partial charge is 0.481 e. The maximum atomic E-state index is 12.3. The quantitative estimate of drug-likeness (QED) is 0.645. The van der Waals surface area contributed by atoms with Crippen molar-refractivity contribution in [2.24, 2.45) is 5.41 Å². The Morgan fingerprint density at radius 3 is 2.72 bits per heavy atom. The molecule has 4 rings (SSSR count). The molecule has 2 N–H and O–H groups in total. The third-order valence-corrected chi connectivity index (χ3v) is 6.02. The average molecular weight is 393 g/mol. The van der Waals surface area contributed by atoms with Crippen molar-refractivity contribution in [3.63, 3.8) is 0 Å². The number of carboxylic acid groups (broad SMARTS) is 1. The van der Waals surface area contributed by atoms with Gasteiger partial charge >= 0.3 is 5.97 Å². The van der Waals surface area contributed by atoms with E-state index in [2.05, 4.69) is 22.0 Å². The summed E-state index contributed by atoms with van der Waals surface area (Å²) < 4.78 is 1.97. The molecule has 1 aromatic carbocycles. The van der Waals surface area contributed by atoms with Gasteiger partial charge < -0.3 is 14.6 Å². The van der Waals surface area contributed by atoms with Gasteiger partial charge in [-0.15, -0.1) is 0 Å². The maximum Gasteiger partial charge on any atom is 0.313 e. The average Bonchev–Trinajstić information content (AvgIpc) is 3.13. The van der Waals surface area contributed by atoms with Crippen LogP contribution in [0.3, 0.4) is 0 Å². The second-order valence-electron chi connectivity index (χ2n) is 8.01.